The van der Waals surface area contributed by atoms with Crippen molar-refractivity contribution in [2.24, 2.45) is 5.73 Å². The van der Waals surface area contributed by atoms with Crippen molar-refractivity contribution in [3.8, 4) is 0 Å². The van der Waals surface area contributed by atoms with E-state index >= 15 is 0 Å². The number of aryl methyl sites for hydroxylation is 1. The van der Waals surface area contributed by atoms with Gasteiger partial charge in [0.2, 0.25) is 0 Å². The van der Waals surface area contributed by atoms with E-state index < -0.39 is 6.10 Å². The van der Waals surface area contributed by atoms with Gasteiger partial charge >= 0.3 is 0 Å². The summed E-state index contributed by atoms with van der Waals surface area (Å²) in [4.78, 5) is 0. The maximum Gasteiger partial charge on any atom is 0.0941 e. The van der Waals surface area contributed by atoms with Gasteiger partial charge in [0.15, 0.2) is 0 Å². The van der Waals surface area contributed by atoms with E-state index in [9.17, 15) is 5.11 Å². The van der Waals surface area contributed by atoms with Gasteiger partial charge in [0.25, 0.3) is 0 Å². The van der Waals surface area contributed by atoms with E-state index in [4.69, 9.17) is 17.3 Å². The summed E-state index contributed by atoms with van der Waals surface area (Å²) in [5.74, 6) is 0. The van der Waals surface area contributed by atoms with Crippen molar-refractivity contribution in [1.82, 2.24) is 0 Å². The van der Waals surface area contributed by atoms with Crippen LogP contribution in [0.3, 0.4) is 0 Å². The summed E-state index contributed by atoms with van der Waals surface area (Å²) >= 11 is 6.08. The summed E-state index contributed by atoms with van der Waals surface area (Å²) in [6.45, 7) is 5.62. The molecule has 2 unspecified atom stereocenters. The molecule has 2 atom stereocenters. The van der Waals surface area contributed by atoms with Gasteiger partial charge in [-0.2, -0.15) is 0 Å². The molecule has 0 aliphatic heterocycles. The number of aliphatic hydroxyl groups is 1. The average Bonchev–Trinajstić information content (AvgIpc) is 2.13. The third-order valence-corrected chi connectivity index (χ3v) is 3.02. The molecule has 0 fully saturated rings. The predicted octanol–water partition coefficient (Wildman–Crippen LogP) is 2.34. The molecule has 3 heteroatoms. The van der Waals surface area contributed by atoms with E-state index in [2.05, 4.69) is 0 Å². The summed E-state index contributed by atoms with van der Waals surface area (Å²) in [6, 6.07) is 3.49. The molecule has 0 amide bonds. The van der Waals surface area contributed by atoms with Gasteiger partial charge in [-0.1, -0.05) is 23.7 Å². The van der Waals surface area contributed by atoms with Crippen molar-refractivity contribution in [3.63, 3.8) is 0 Å². The van der Waals surface area contributed by atoms with Crippen molar-refractivity contribution in [1.29, 1.82) is 0 Å². The van der Waals surface area contributed by atoms with Crippen LogP contribution in [0.1, 0.15) is 29.7 Å². The van der Waals surface area contributed by atoms with Crippen LogP contribution in [0.4, 0.5) is 0 Å². The van der Waals surface area contributed by atoms with Gasteiger partial charge < -0.3 is 10.8 Å². The zero-order valence-corrected chi connectivity index (χ0v) is 9.47. The van der Waals surface area contributed by atoms with Crippen molar-refractivity contribution in [2.45, 2.75) is 32.9 Å². The quantitative estimate of drug-likeness (QED) is 0.792. The lowest BCUT2D eigenvalue weighted by molar-refractivity contribution is 0.152. The van der Waals surface area contributed by atoms with Gasteiger partial charge in [0.1, 0.15) is 0 Å². The molecule has 0 radical (unpaired) electrons. The molecule has 2 nitrogen and oxygen atoms in total. The van der Waals surface area contributed by atoms with Gasteiger partial charge in [-0.05, 0) is 37.5 Å². The van der Waals surface area contributed by atoms with Crippen molar-refractivity contribution >= 4 is 11.6 Å². The molecule has 1 aromatic carbocycles. The van der Waals surface area contributed by atoms with E-state index in [0.717, 1.165) is 16.7 Å². The summed E-state index contributed by atoms with van der Waals surface area (Å²) in [6.07, 6.45) is -0.645. The lowest BCUT2D eigenvalue weighted by Gasteiger charge is -2.18. The zero-order valence-electron chi connectivity index (χ0n) is 8.71. The molecule has 0 aromatic heterocycles. The van der Waals surface area contributed by atoms with Gasteiger partial charge in [0.05, 0.1) is 6.10 Å². The van der Waals surface area contributed by atoms with E-state index in [-0.39, 0.29) is 6.04 Å². The molecule has 78 valence electrons. The number of nitrogens with two attached hydrogens (primary N) is 1. The van der Waals surface area contributed by atoms with Crippen LogP contribution in [-0.2, 0) is 0 Å². The molecular formula is C11H16ClNO. The first-order chi connectivity index (χ1) is 6.45. The number of aliphatic hydroxyl groups excluding tert-OH is 1. The summed E-state index contributed by atoms with van der Waals surface area (Å²) in [5, 5.41) is 10.5. The van der Waals surface area contributed by atoms with E-state index in [1.165, 1.54) is 0 Å². The number of halogens is 1. The standard InChI is InChI=1S/C11H16ClNO/c1-6-4-5-9(7(2)10(6)12)11(14)8(3)13/h4-5,8,11,14H,13H2,1-3H3. The van der Waals surface area contributed by atoms with Crippen molar-refractivity contribution < 1.29 is 5.11 Å². The average molecular weight is 214 g/mol. The topological polar surface area (TPSA) is 46.2 Å². The third-order valence-electron chi connectivity index (χ3n) is 2.44. The molecule has 0 aliphatic rings. The van der Waals surface area contributed by atoms with E-state index in [1.807, 2.05) is 26.0 Å². The Morgan fingerprint density at radius 2 is 1.93 bits per heavy atom. The number of hydrogen-bond donors (Lipinski definition) is 2. The minimum Gasteiger partial charge on any atom is -0.387 e. The predicted molar refractivity (Wildman–Crippen MR) is 59.5 cm³/mol. The molecule has 0 spiro atoms. The lowest BCUT2D eigenvalue weighted by atomic mass is 9.97. The van der Waals surface area contributed by atoms with Crippen LogP contribution < -0.4 is 5.73 Å². The summed E-state index contributed by atoms with van der Waals surface area (Å²) < 4.78 is 0. The van der Waals surface area contributed by atoms with Gasteiger partial charge in [-0.25, -0.2) is 0 Å². The van der Waals surface area contributed by atoms with Crippen LogP contribution >= 0.6 is 11.6 Å². The highest BCUT2D eigenvalue weighted by Gasteiger charge is 2.16. The molecular weight excluding hydrogens is 198 g/mol. The Bertz CT molecular complexity index is 336. The summed E-state index contributed by atoms with van der Waals surface area (Å²) in [5.41, 5.74) is 8.38. The highest BCUT2D eigenvalue weighted by atomic mass is 35.5. The normalized spacial score (nSPS) is 15.3. The Balaban J connectivity index is 3.17. The molecule has 0 heterocycles. The SMILES string of the molecule is Cc1ccc(C(O)C(C)N)c(C)c1Cl. The Hall–Kier alpha value is -0.570. The summed E-state index contributed by atoms with van der Waals surface area (Å²) in [7, 11) is 0. The Kier molecular flexibility index (Phi) is 3.53. The molecule has 1 rings (SSSR count). The fourth-order valence-corrected chi connectivity index (χ4v) is 1.61. The molecule has 0 saturated heterocycles. The first-order valence-electron chi connectivity index (χ1n) is 4.64. The Labute approximate surface area is 89.7 Å². The molecule has 14 heavy (non-hydrogen) atoms. The fraction of sp³-hybridized carbons (Fsp3) is 0.455. The van der Waals surface area contributed by atoms with Crippen LogP contribution in [-0.4, -0.2) is 11.1 Å². The largest absolute Gasteiger partial charge is 0.387 e. The highest BCUT2D eigenvalue weighted by Crippen LogP contribution is 2.28. The van der Waals surface area contributed by atoms with Crippen LogP contribution in [0, 0.1) is 13.8 Å². The van der Waals surface area contributed by atoms with Gasteiger partial charge in [-0.15, -0.1) is 0 Å². The zero-order chi connectivity index (χ0) is 10.9. The molecule has 0 saturated carbocycles. The van der Waals surface area contributed by atoms with Crippen LogP contribution in [0.2, 0.25) is 5.02 Å². The minimum absolute atomic E-state index is 0.285. The number of rotatable bonds is 2. The second-order valence-corrected chi connectivity index (χ2v) is 4.09. The maximum atomic E-state index is 9.81. The van der Waals surface area contributed by atoms with Crippen LogP contribution in [0.25, 0.3) is 0 Å². The molecule has 1 aromatic rings. The van der Waals surface area contributed by atoms with Crippen LogP contribution in [0.15, 0.2) is 12.1 Å². The second kappa shape index (κ2) is 4.30. The lowest BCUT2D eigenvalue weighted by Crippen LogP contribution is -2.25. The first kappa shape index (κ1) is 11.5. The van der Waals surface area contributed by atoms with E-state index in [0.29, 0.717) is 5.02 Å². The Morgan fingerprint density at radius 3 is 2.43 bits per heavy atom. The smallest absolute Gasteiger partial charge is 0.0941 e. The van der Waals surface area contributed by atoms with Gasteiger partial charge in [-0.3, -0.25) is 0 Å². The minimum atomic E-state index is -0.645. The maximum absolute atomic E-state index is 9.81. The van der Waals surface area contributed by atoms with E-state index in [1.54, 1.807) is 6.92 Å². The molecule has 0 aliphatic carbocycles. The Morgan fingerprint density at radius 1 is 1.36 bits per heavy atom. The fourth-order valence-electron chi connectivity index (χ4n) is 1.44. The number of benzene rings is 1. The monoisotopic (exact) mass is 213 g/mol. The number of hydrogen-bond acceptors (Lipinski definition) is 2. The van der Waals surface area contributed by atoms with Gasteiger partial charge in [0, 0.05) is 11.1 Å². The van der Waals surface area contributed by atoms with Crippen molar-refractivity contribution in [2.75, 3.05) is 0 Å². The third kappa shape index (κ3) is 2.08. The molecule has 3 N–H and O–H groups in total. The highest BCUT2D eigenvalue weighted by molar-refractivity contribution is 6.32. The molecule has 0 bridgehead atoms. The first-order valence-corrected chi connectivity index (χ1v) is 5.02. The van der Waals surface area contributed by atoms with Crippen molar-refractivity contribution in [3.05, 3.63) is 33.8 Å². The van der Waals surface area contributed by atoms with Crippen LogP contribution in [0.5, 0.6) is 0 Å². The second-order valence-electron chi connectivity index (χ2n) is 3.71.